The van der Waals surface area contributed by atoms with Gasteiger partial charge in [0.05, 0.1) is 11.7 Å². The number of para-hydroxylation sites is 1. The number of hydrogen-bond acceptors (Lipinski definition) is 3. The number of nitrogens with zero attached hydrogens (tertiary/aromatic N) is 2. The predicted molar refractivity (Wildman–Crippen MR) is 89.9 cm³/mol. The van der Waals surface area contributed by atoms with E-state index >= 15 is 0 Å². The summed E-state index contributed by atoms with van der Waals surface area (Å²) in [6.07, 6.45) is 1.92. The van der Waals surface area contributed by atoms with Gasteiger partial charge < -0.3 is 15.2 Å². The number of halogens is 1. The summed E-state index contributed by atoms with van der Waals surface area (Å²) in [6, 6.07) is 9.48. The molecule has 0 fully saturated rings. The molecule has 2 rings (SSSR count). The Kier molecular flexibility index (Phi) is 5.70. The van der Waals surface area contributed by atoms with Gasteiger partial charge in [-0.15, -0.1) is 0 Å². The van der Waals surface area contributed by atoms with Crippen molar-refractivity contribution in [2.45, 2.75) is 6.04 Å². The van der Waals surface area contributed by atoms with Gasteiger partial charge in [0, 0.05) is 25.5 Å². The summed E-state index contributed by atoms with van der Waals surface area (Å²) in [4.78, 5) is 25.8. The Hall–Kier alpha value is -2.67. The molecule has 7 heteroatoms. The number of carbonyl (C=O) groups is 2. The average Bonchev–Trinajstić information content (AvgIpc) is 2.95. The zero-order valence-electron chi connectivity index (χ0n) is 13.9. The molecule has 0 saturated heterocycles. The van der Waals surface area contributed by atoms with Crippen LogP contribution in [-0.4, -0.2) is 41.9 Å². The smallest absolute Gasteiger partial charge is 0.313 e. The number of nitrogens with one attached hydrogen (secondary N) is 2. The van der Waals surface area contributed by atoms with Crippen molar-refractivity contribution in [3.8, 4) is 0 Å². The van der Waals surface area contributed by atoms with Crippen molar-refractivity contribution >= 4 is 17.5 Å². The first kappa shape index (κ1) is 17.7. The fourth-order valence-corrected chi connectivity index (χ4v) is 2.38. The first-order valence-corrected chi connectivity index (χ1v) is 7.51. The molecule has 1 aromatic heterocycles. The highest BCUT2D eigenvalue weighted by Crippen LogP contribution is 2.17. The average molecular weight is 332 g/mol. The van der Waals surface area contributed by atoms with Crippen LogP contribution in [0.15, 0.2) is 42.6 Å². The standard InChI is InChI=1S/C17H21FN4O2/c1-21(2)15(14-9-6-10-22(14)3)11-19-16(23)17(24)20-13-8-5-4-7-12(13)18/h4-10,15H,11H2,1-3H3,(H,19,23)(H,20,24). The van der Waals surface area contributed by atoms with Crippen LogP contribution < -0.4 is 10.6 Å². The van der Waals surface area contributed by atoms with E-state index in [-0.39, 0.29) is 18.3 Å². The van der Waals surface area contributed by atoms with Crippen molar-refractivity contribution in [2.24, 2.45) is 7.05 Å². The molecule has 24 heavy (non-hydrogen) atoms. The van der Waals surface area contributed by atoms with E-state index in [1.54, 1.807) is 6.07 Å². The lowest BCUT2D eigenvalue weighted by atomic mass is 10.2. The van der Waals surface area contributed by atoms with Gasteiger partial charge in [0.2, 0.25) is 0 Å². The second-order valence-electron chi connectivity index (χ2n) is 5.67. The number of anilines is 1. The Labute approximate surface area is 140 Å². The number of benzene rings is 1. The Morgan fingerprint density at radius 2 is 1.88 bits per heavy atom. The second kappa shape index (κ2) is 7.74. The minimum Gasteiger partial charge on any atom is -0.353 e. The first-order chi connectivity index (χ1) is 11.4. The molecule has 128 valence electrons. The molecule has 0 bridgehead atoms. The zero-order valence-corrected chi connectivity index (χ0v) is 13.9. The molecule has 2 N–H and O–H groups in total. The molecular formula is C17H21FN4O2. The monoisotopic (exact) mass is 332 g/mol. The van der Waals surface area contributed by atoms with Crippen molar-refractivity contribution in [1.29, 1.82) is 0 Å². The molecule has 1 unspecified atom stereocenters. The maximum Gasteiger partial charge on any atom is 0.313 e. The zero-order chi connectivity index (χ0) is 17.7. The van der Waals surface area contributed by atoms with Crippen LogP contribution in [0.5, 0.6) is 0 Å². The summed E-state index contributed by atoms with van der Waals surface area (Å²) >= 11 is 0. The second-order valence-corrected chi connectivity index (χ2v) is 5.67. The van der Waals surface area contributed by atoms with Gasteiger partial charge in [0.15, 0.2) is 0 Å². The lowest BCUT2D eigenvalue weighted by Gasteiger charge is -2.25. The van der Waals surface area contributed by atoms with Crippen LogP contribution in [0.4, 0.5) is 10.1 Å². The topological polar surface area (TPSA) is 66.4 Å². The largest absolute Gasteiger partial charge is 0.353 e. The molecule has 2 aromatic rings. The third-order valence-corrected chi connectivity index (χ3v) is 3.73. The van der Waals surface area contributed by atoms with Crippen molar-refractivity contribution < 1.29 is 14.0 Å². The van der Waals surface area contributed by atoms with Gasteiger partial charge >= 0.3 is 11.8 Å². The summed E-state index contributed by atoms with van der Waals surface area (Å²) in [6.45, 7) is 0.258. The third-order valence-electron chi connectivity index (χ3n) is 3.73. The third kappa shape index (κ3) is 4.20. The quantitative estimate of drug-likeness (QED) is 0.816. The normalized spacial score (nSPS) is 12.0. The molecule has 1 heterocycles. The minimum atomic E-state index is -0.899. The van der Waals surface area contributed by atoms with Crippen molar-refractivity contribution in [2.75, 3.05) is 26.0 Å². The van der Waals surface area contributed by atoms with E-state index in [1.807, 2.05) is 48.9 Å². The maximum atomic E-state index is 13.5. The van der Waals surface area contributed by atoms with E-state index in [4.69, 9.17) is 0 Å². The number of carbonyl (C=O) groups excluding carboxylic acids is 2. The van der Waals surface area contributed by atoms with Crippen LogP contribution in [0.25, 0.3) is 0 Å². The van der Waals surface area contributed by atoms with E-state index in [0.717, 1.165) is 5.69 Å². The van der Waals surface area contributed by atoms with E-state index in [9.17, 15) is 14.0 Å². The van der Waals surface area contributed by atoms with Crippen LogP contribution in [0.3, 0.4) is 0 Å². The van der Waals surface area contributed by atoms with Gasteiger partial charge in [-0.1, -0.05) is 12.1 Å². The predicted octanol–water partition coefficient (Wildman–Crippen LogP) is 1.52. The molecule has 0 spiro atoms. The molecule has 6 nitrogen and oxygen atoms in total. The van der Waals surface area contributed by atoms with Crippen molar-refractivity contribution in [3.05, 3.63) is 54.1 Å². The first-order valence-electron chi connectivity index (χ1n) is 7.51. The number of aromatic nitrogens is 1. The fraction of sp³-hybridized carbons (Fsp3) is 0.294. The van der Waals surface area contributed by atoms with Gasteiger partial charge in [0.25, 0.3) is 0 Å². The molecule has 0 aliphatic carbocycles. The van der Waals surface area contributed by atoms with E-state index in [1.165, 1.54) is 18.2 Å². The molecule has 1 atom stereocenters. The van der Waals surface area contributed by atoms with Gasteiger partial charge in [-0.3, -0.25) is 14.5 Å². The van der Waals surface area contributed by atoms with E-state index < -0.39 is 17.6 Å². The van der Waals surface area contributed by atoms with Gasteiger partial charge in [-0.25, -0.2) is 4.39 Å². The van der Waals surface area contributed by atoms with Crippen LogP contribution in [0, 0.1) is 5.82 Å². The summed E-state index contributed by atoms with van der Waals surface area (Å²) in [5, 5.41) is 4.85. The van der Waals surface area contributed by atoms with Crippen LogP contribution in [0.2, 0.25) is 0 Å². The number of hydrogen-bond donors (Lipinski definition) is 2. The molecule has 0 aliphatic rings. The molecule has 1 aromatic carbocycles. The number of amides is 2. The lowest BCUT2D eigenvalue weighted by molar-refractivity contribution is -0.136. The maximum absolute atomic E-state index is 13.5. The summed E-state index contributed by atoms with van der Waals surface area (Å²) in [7, 11) is 5.70. The van der Waals surface area contributed by atoms with E-state index in [2.05, 4.69) is 10.6 Å². The number of aryl methyl sites for hydroxylation is 1. The molecule has 0 radical (unpaired) electrons. The molecule has 2 amide bonds. The Morgan fingerprint density at radius 1 is 1.17 bits per heavy atom. The van der Waals surface area contributed by atoms with Gasteiger partial charge in [-0.05, 0) is 38.4 Å². The molecule has 0 aliphatic heterocycles. The summed E-state index contributed by atoms with van der Waals surface area (Å²) in [5.74, 6) is -2.29. The highest BCUT2D eigenvalue weighted by Gasteiger charge is 2.20. The van der Waals surface area contributed by atoms with Crippen molar-refractivity contribution in [1.82, 2.24) is 14.8 Å². The summed E-state index contributed by atoms with van der Waals surface area (Å²) in [5.41, 5.74) is 0.985. The van der Waals surface area contributed by atoms with Gasteiger partial charge in [0.1, 0.15) is 5.82 Å². The van der Waals surface area contributed by atoms with Gasteiger partial charge in [-0.2, -0.15) is 0 Å². The van der Waals surface area contributed by atoms with Crippen LogP contribution in [0.1, 0.15) is 11.7 Å². The highest BCUT2D eigenvalue weighted by molar-refractivity contribution is 6.39. The lowest BCUT2D eigenvalue weighted by Crippen LogP contribution is -2.40. The fourth-order valence-electron chi connectivity index (χ4n) is 2.38. The number of rotatable bonds is 5. The Balaban J connectivity index is 1.97. The van der Waals surface area contributed by atoms with E-state index in [0.29, 0.717) is 0 Å². The molecular weight excluding hydrogens is 311 g/mol. The Bertz CT molecular complexity index is 727. The Morgan fingerprint density at radius 3 is 2.46 bits per heavy atom. The van der Waals surface area contributed by atoms with Crippen LogP contribution in [-0.2, 0) is 16.6 Å². The van der Waals surface area contributed by atoms with Crippen LogP contribution >= 0.6 is 0 Å². The molecule has 0 saturated carbocycles. The highest BCUT2D eigenvalue weighted by atomic mass is 19.1. The van der Waals surface area contributed by atoms with Crippen molar-refractivity contribution in [3.63, 3.8) is 0 Å². The number of likely N-dealkylation sites (N-methyl/N-ethyl adjacent to an activating group) is 1. The SMILES string of the molecule is CN(C)C(CNC(=O)C(=O)Nc1ccccc1F)c1cccn1C. The summed E-state index contributed by atoms with van der Waals surface area (Å²) < 4.78 is 15.5. The minimum absolute atomic E-state index is 0.0238.